The molecular weight excluding hydrogens is 340 g/mol. The Morgan fingerprint density at radius 1 is 1.11 bits per heavy atom. The second-order valence-corrected chi connectivity index (χ2v) is 6.71. The number of aromatic nitrogens is 6. The van der Waals surface area contributed by atoms with Crippen molar-refractivity contribution < 1.29 is 4.52 Å². The molecule has 0 unspecified atom stereocenters. The molecule has 0 aliphatic rings. The fourth-order valence-electron chi connectivity index (χ4n) is 3.07. The number of rotatable bonds is 6. The molecule has 4 rings (SSSR count). The van der Waals surface area contributed by atoms with Crippen LogP contribution in [-0.4, -0.2) is 29.5 Å². The lowest BCUT2D eigenvalue weighted by molar-refractivity contribution is 0.369. The minimum Gasteiger partial charge on any atom is -0.359 e. The number of imidazole rings is 1. The van der Waals surface area contributed by atoms with Gasteiger partial charge in [-0.25, -0.2) is 14.6 Å². The van der Waals surface area contributed by atoms with Gasteiger partial charge < -0.3 is 9.09 Å². The van der Waals surface area contributed by atoms with Gasteiger partial charge in [-0.1, -0.05) is 49.3 Å². The van der Waals surface area contributed by atoms with E-state index < -0.39 is 0 Å². The van der Waals surface area contributed by atoms with Gasteiger partial charge in [0.25, 0.3) is 0 Å². The van der Waals surface area contributed by atoms with Gasteiger partial charge in [0.05, 0.1) is 24.3 Å². The number of benzene rings is 1. The van der Waals surface area contributed by atoms with Crippen LogP contribution < -0.4 is 0 Å². The summed E-state index contributed by atoms with van der Waals surface area (Å²) in [6, 6.07) is 12.1. The molecule has 0 radical (unpaired) electrons. The molecule has 7 heteroatoms. The molecule has 7 nitrogen and oxygen atoms in total. The number of aryl methyl sites for hydroxylation is 1. The lowest BCUT2D eigenvalue weighted by Crippen LogP contribution is -2.06. The van der Waals surface area contributed by atoms with E-state index in [-0.39, 0.29) is 0 Å². The molecule has 1 aromatic carbocycles. The fraction of sp³-hybridized carbons (Fsp3) is 0.300. The van der Waals surface area contributed by atoms with Crippen LogP contribution in [0.5, 0.6) is 0 Å². The monoisotopic (exact) mass is 362 g/mol. The van der Waals surface area contributed by atoms with Gasteiger partial charge in [-0.05, 0) is 12.8 Å². The average molecular weight is 362 g/mol. The summed E-state index contributed by atoms with van der Waals surface area (Å²) in [6.45, 7) is 7.51. The Labute approximate surface area is 157 Å². The summed E-state index contributed by atoms with van der Waals surface area (Å²) in [5, 5.41) is 8.49. The van der Waals surface area contributed by atoms with Crippen molar-refractivity contribution in [1.29, 1.82) is 0 Å². The van der Waals surface area contributed by atoms with E-state index in [1.54, 1.807) is 6.33 Å². The van der Waals surface area contributed by atoms with Gasteiger partial charge in [0.15, 0.2) is 11.6 Å². The van der Waals surface area contributed by atoms with E-state index in [1.165, 1.54) is 0 Å². The molecule has 0 saturated carbocycles. The van der Waals surface area contributed by atoms with Crippen LogP contribution in [0, 0.1) is 0 Å². The van der Waals surface area contributed by atoms with Gasteiger partial charge in [-0.15, -0.1) is 0 Å². The second-order valence-electron chi connectivity index (χ2n) is 6.71. The van der Waals surface area contributed by atoms with Crippen molar-refractivity contribution in [1.82, 2.24) is 29.5 Å². The van der Waals surface area contributed by atoms with Gasteiger partial charge in [0.2, 0.25) is 0 Å². The van der Waals surface area contributed by atoms with E-state index >= 15 is 0 Å². The molecule has 0 aliphatic heterocycles. The first-order valence-electron chi connectivity index (χ1n) is 9.11. The summed E-state index contributed by atoms with van der Waals surface area (Å²) in [6.07, 6.45) is 3.40. The van der Waals surface area contributed by atoms with Crippen LogP contribution in [0.25, 0.3) is 22.8 Å². The lowest BCUT2D eigenvalue weighted by Gasteiger charge is -2.09. The molecule has 3 heterocycles. The van der Waals surface area contributed by atoms with Crippen molar-refractivity contribution in [3.05, 3.63) is 60.5 Å². The highest BCUT2D eigenvalue weighted by atomic mass is 16.5. The summed E-state index contributed by atoms with van der Waals surface area (Å²) in [5.41, 5.74) is 3.79. The Bertz CT molecular complexity index is 1030. The standard InChI is InChI=1S/C20H22N6O/c1-4-26-20(21-12-23-26)19-18(15-8-6-5-7-9-15)22-13-25(19)11-16-10-17(14(2)3)24-27-16/h5-10,12-14H,4,11H2,1-3H3. The summed E-state index contributed by atoms with van der Waals surface area (Å²) in [4.78, 5) is 9.17. The van der Waals surface area contributed by atoms with Crippen LogP contribution in [0.2, 0.25) is 0 Å². The van der Waals surface area contributed by atoms with Gasteiger partial charge in [0.1, 0.15) is 12.0 Å². The first-order chi connectivity index (χ1) is 13.2. The molecule has 0 aliphatic carbocycles. The third kappa shape index (κ3) is 3.28. The fourth-order valence-corrected chi connectivity index (χ4v) is 3.07. The molecular formula is C20H22N6O. The Morgan fingerprint density at radius 2 is 1.93 bits per heavy atom. The van der Waals surface area contributed by atoms with Gasteiger partial charge >= 0.3 is 0 Å². The van der Waals surface area contributed by atoms with Crippen molar-refractivity contribution in [2.45, 2.75) is 39.8 Å². The molecule has 0 N–H and O–H groups in total. The largest absolute Gasteiger partial charge is 0.359 e. The first kappa shape index (κ1) is 17.2. The zero-order valence-electron chi connectivity index (χ0n) is 15.7. The average Bonchev–Trinajstić information content (AvgIpc) is 3.41. The molecule has 0 atom stereocenters. The van der Waals surface area contributed by atoms with Crippen LogP contribution in [0.15, 0.2) is 53.6 Å². The summed E-state index contributed by atoms with van der Waals surface area (Å²) in [7, 11) is 0. The SMILES string of the molecule is CCn1ncnc1-c1c(-c2ccccc2)ncn1Cc1cc(C(C)C)no1. The van der Waals surface area contributed by atoms with Crippen molar-refractivity contribution in [2.75, 3.05) is 0 Å². The Hall–Kier alpha value is -3.22. The summed E-state index contributed by atoms with van der Waals surface area (Å²) < 4.78 is 9.45. The maximum atomic E-state index is 5.53. The van der Waals surface area contributed by atoms with Crippen LogP contribution in [0.4, 0.5) is 0 Å². The van der Waals surface area contributed by atoms with Gasteiger partial charge in [0, 0.05) is 18.2 Å². The highest BCUT2D eigenvalue weighted by Crippen LogP contribution is 2.30. The molecule has 0 fully saturated rings. The smallest absolute Gasteiger partial charge is 0.177 e. The third-order valence-electron chi connectivity index (χ3n) is 4.51. The van der Waals surface area contributed by atoms with Gasteiger partial charge in [-0.3, -0.25) is 0 Å². The van der Waals surface area contributed by atoms with Crippen LogP contribution in [-0.2, 0) is 13.1 Å². The van der Waals surface area contributed by atoms with E-state index in [1.807, 2.05) is 58.9 Å². The van der Waals surface area contributed by atoms with E-state index in [2.05, 4.69) is 34.1 Å². The topological polar surface area (TPSA) is 74.6 Å². The maximum absolute atomic E-state index is 5.53. The quantitative estimate of drug-likeness (QED) is 0.518. The molecule has 0 spiro atoms. The minimum absolute atomic E-state index is 0.327. The van der Waals surface area contributed by atoms with Gasteiger partial charge in [-0.2, -0.15) is 5.10 Å². The molecule has 138 valence electrons. The lowest BCUT2D eigenvalue weighted by atomic mass is 10.1. The molecule has 0 bridgehead atoms. The predicted octanol–water partition coefficient (Wildman–Crippen LogP) is 3.99. The van der Waals surface area contributed by atoms with Crippen molar-refractivity contribution in [3.8, 4) is 22.8 Å². The molecule has 0 amide bonds. The second kappa shape index (κ2) is 7.19. The Kier molecular flexibility index (Phi) is 4.58. The number of nitrogens with zero attached hydrogens (tertiary/aromatic N) is 6. The highest BCUT2D eigenvalue weighted by Gasteiger charge is 2.20. The van der Waals surface area contributed by atoms with E-state index in [0.29, 0.717) is 12.5 Å². The number of hydrogen-bond donors (Lipinski definition) is 0. The van der Waals surface area contributed by atoms with E-state index in [9.17, 15) is 0 Å². The molecule has 0 saturated heterocycles. The summed E-state index contributed by atoms with van der Waals surface area (Å²) >= 11 is 0. The predicted molar refractivity (Wildman–Crippen MR) is 102 cm³/mol. The molecule has 3 aromatic heterocycles. The van der Waals surface area contributed by atoms with Crippen LogP contribution in [0.3, 0.4) is 0 Å². The van der Waals surface area contributed by atoms with Crippen molar-refractivity contribution in [3.63, 3.8) is 0 Å². The molecule has 4 aromatic rings. The normalized spacial score (nSPS) is 11.4. The van der Waals surface area contributed by atoms with E-state index in [0.717, 1.165) is 40.8 Å². The maximum Gasteiger partial charge on any atom is 0.177 e. The highest BCUT2D eigenvalue weighted by molar-refractivity contribution is 5.75. The number of hydrogen-bond acceptors (Lipinski definition) is 5. The van der Waals surface area contributed by atoms with Crippen molar-refractivity contribution in [2.24, 2.45) is 0 Å². The van der Waals surface area contributed by atoms with E-state index in [4.69, 9.17) is 4.52 Å². The zero-order chi connectivity index (χ0) is 18.8. The van der Waals surface area contributed by atoms with Crippen LogP contribution in [0.1, 0.15) is 38.1 Å². The van der Waals surface area contributed by atoms with Crippen LogP contribution >= 0.6 is 0 Å². The first-order valence-corrected chi connectivity index (χ1v) is 9.11. The Morgan fingerprint density at radius 3 is 2.63 bits per heavy atom. The zero-order valence-corrected chi connectivity index (χ0v) is 15.7. The third-order valence-corrected chi connectivity index (χ3v) is 4.51. The molecule has 27 heavy (non-hydrogen) atoms. The Balaban J connectivity index is 1.81. The summed E-state index contributed by atoms with van der Waals surface area (Å²) in [5.74, 6) is 1.91. The van der Waals surface area contributed by atoms with Crippen molar-refractivity contribution >= 4 is 0 Å². The minimum atomic E-state index is 0.327.